The number of aryl methyl sites for hydroxylation is 1. The Kier molecular flexibility index (Phi) is 2.52. The molecule has 0 saturated heterocycles. The second-order valence-corrected chi connectivity index (χ2v) is 4.83. The molecule has 3 aromatic rings. The Hall–Kier alpha value is -2.03. The van der Waals surface area contributed by atoms with Crippen molar-refractivity contribution in [1.82, 2.24) is 19.8 Å². The maximum Gasteiger partial charge on any atom is 0.453 e. The van der Waals surface area contributed by atoms with Gasteiger partial charge in [0.1, 0.15) is 12.1 Å². The highest BCUT2D eigenvalue weighted by Crippen LogP contribution is 2.31. The molecule has 9 heteroatoms. The topological polar surface area (TPSA) is 47.0 Å². The maximum absolute atomic E-state index is 12.7. The maximum atomic E-state index is 12.7. The van der Waals surface area contributed by atoms with Gasteiger partial charge < -0.3 is 0 Å². The lowest BCUT2D eigenvalue weighted by Gasteiger charge is -2.00. The van der Waals surface area contributed by atoms with Gasteiger partial charge in [0.2, 0.25) is 4.96 Å². The number of nitrogens with zero attached hydrogens (tertiary/aromatic N) is 5. The summed E-state index contributed by atoms with van der Waals surface area (Å²) >= 11 is 1.06. The lowest BCUT2D eigenvalue weighted by Crippen LogP contribution is -2.25. The van der Waals surface area contributed by atoms with Crippen LogP contribution in [0, 0.1) is 0 Å². The number of alkyl halides is 3. The zero-order chi connectivity index (χ0) is 13.6. The van der Waals surface area contributed by atoms with Crippen LogP contribution in [0.5, 0.6) is 0 Å². The first-order chi connectivity index (χ1) is 8.95. The minimum atomic E-state index is -4.56. The number of aromatic nitrogens is 5. The molecule has 5 nitrogen and oxygen atoms in total. The molecule has 3 aromatic heterocycles. The van der Waals surface area contributed by atoms with Crippen molar-refractivity contribution >= 4 is 16.3 Å². The SMILES string of the molecule is C[n+]1ccc(-c2nn3c(C(F)(F)F)nnc3s2)cc1. The molecule has 0 amide bonds. The summed E-state index contributed by atoms with van der Waals surface area (Å²) in [6, 6.07) is 3.55. The van der Waals surface area contributed by atoms with Crippen LogP contribution in [0.15, 0.2) is 24.5 Å². The van der Waals surface area contributed by atoms with Crippen molar-refractivity contribution in [3.8, 4) is 10.6 Å². The standard InChI is InChI=1S/C10H7F3N5S/c1-17-4-2-6(3-5-17)7-16-18-8(10(11,12)13)14-15-9(18)19-7/h2-5H,1H3/q+1. The number of halogens is 3. The van der Waals surface area contributed by atoms with Crippen molar-refractivity contribution in [1.29, 1.82) is 0 Å². The van der Waals surface area contributed by atoms with Gasteiger partial charge in [-0.15, -0.1) is 10.2 Å². The van der Waals surface area contributed by atoms with Crippen molar-refractivity contribution < 1.29 is 17.7 Å². The minimum Gasteiger partial charge on any atom is -0.208 e. The lowest BCUT2D eigenvalue weighted by molar-refractivity contribution is -0.671. The molecule has 0 fully saturated rings. The van der Waals surface area contributed by atoms with Crippen molar-refractivity contribution in [3.63, 3.8) is 0 Å². The molecule has 0 radical (unpaired) electrons. The molecule has 3 heterocycles. The van der Waals surface area contributed by atoms with E-state index in [1.807, 2.05) is 11.6 Å². The van der Waals surface area contributed by atoms with Crippen molar-refractivity contribution in [3.05, 3.63) is 30.4 Å². The molecule has 0 aromatic carbocycles. The molecule has 0 aliphatic carbocycles. The molecule has 19 heavy (non-hydrogen) atoms. The molecule has 0 bridgehead atoms. The Morgan fingerprint density at radius 3 is 2.53 bits per heavy atom. The largest absolute Gasteiger partial charge is 0.453 e. The van der Waals surface area contributed by atoms with E-state index in [-0.39, 0.29) is 4.96 Å². The molecule has 0 aliphatic heterocycles. The average molecular weight is 286 g/mol. The van der Waals surface area contributed by atoms with Gasteiger partial charge >= 0.3 is 6.18 Å². The highest BCUT2D eigenvalue weighted by atomic mass is 32.1. The Balaban J connectivity index is 2.12. The Labute approximate surface area is 108 Å². The normalized spacial score (nSPS) is 12.2. The van der Waals surface area contributed by atoms with E-state index in [1.165, 1.54) is 0 Å². The average Bonchev–Trinajstić information content (AvgIpc) is 2.87. The first-order valence-corrected chi connectivity index (χ1v) is 6.02. The number of fused-ring (bicyclic) bond motifs is 1. The fourth-order valence-corrected chi connectivity index (χ4v) is 2.40. The first-order valence-electron chi connectivity index (χ1n) is 5.20. The summed E-state index contributed by atoms with van der Waals surface area (Å²) in [4.78, 5) is 0.121. The van der Waals surface area contributed by atoms with E-state index in [0.717, 1.165) is 21.4 Å². The van der Waals surface area contributed by atoms with E-state index in [0.29, 0.717) is 5.01 Å². The van der Waals surface area contributed by atoms with Crippen LogP contribution in [0.4, 0.5) is 13.2 Å². The zero-order valence-electron chi connectivity index (χ0n) is 9.59. The van der Waals surface area contributed by atoms with Crippen LogP contribution in [0.2, 0.25) is 0 Å². The predicted molar refractivity (Wildman–Crippen MR) is 60.3 cm³/mol. The predicted octanol–water partition coefficient (Wildman–Crippen LogP) is 1.70. The summed E-state index contributed by atoms with van der Waals surface area (Å²) in [5, 5.41) is 11.0. The summed E-state index contributed by atoms with van der Waals surface area (Å²) in [6.45, 7) is 0. The molecule has 0 aliphatic rings. The Morgan fingerprint density at radius 2 is 1.89 bits per heavy atom. The van der Waals surface area contributed by atoms with E-state index < -0.39 is 12.0 Å². The molecule has 0 N–H and O–H groups in total. The van der Waals surface area contributed by atoms with E-state index >= 15 is 0 Å². The second-order valence-electron chi connectivity index (χ2n) is 3.88. The highest BCUT2D eigenvalue weighted by Gasteiger charge is 2.38. The van der Waals surface area contributed by atoms with Crippen LogP contribution in [0.3, 0.4) is 0 Å². The van der Waals surface area contributed by atoms with Gasteiger partial charge in [-0.05, 0) is 0 Å². The molecule has 0 spiro atoms. The van der Waals surface area contributed by atoms with Crippen LogP contribution in [0.25, 0.3) is 15.5 Å². The summed E-state index contributed by atoms with van der Waals surface area (Å²) in [5.41, 5.74) is 0.738. The molecule has 0 saturated carbocycles. The second kappa shape index (κ2) is 3.98. The quantitative estimate of drug-likeness (QED) is 0.640. The summed E-state index contributed by atoms with van der Waals surface area (Å²) in [5.74, 6) is -1.11. The molecule has 0 atom stereocenters. The number of rotatable bonds is 1. The third-order valence-corrected chi connectivity index (χ3v) is 3.42. The van der Waals surface area contributed by atoms with Crippen LogP contribution in [-0.4, -0.2) is 19.8 Å². The van der Waals surface area contributed by atoms with Gasteiger partial charge in [-0.3, -0.25) is 0 Å². The zero-order valence-corrected chi connectivity index (χ0v) is 10.4. The van der Waals surface area contributed by atoms with Crippen LogP contribution in [0.1, 0.15) is 5.82 Å². The van der Waals surface area contributed by atoms with Crippen molar-refractivity contribution in [2.24, 2.45) is 7.05 Å². The van der Waals surface area contributed by atoms with Crippen molar-refractivity contribution in [2.75, 3.05) is 0 Å². The number of pyridine rings is 1. The fourth-order valence-electron chi connectivity index (χ4n) is 1.55. The third-order valence-electron chi connectivity index (χ3n) is 2.47. The highest BCUT2D eigenvalue weighted by molar-refractivity contribution is 7.19. The molecular weight excluding hydrogens is 279 g/mol. The minimum absolute atomic E-state index is 0.121. The summed E-state index contributed by atoms with van der Waals surface area (Å²) < 4.78 is 40.5. The van der Waals surface area contributed by atoms with E-state index in [1.54, 1.807) is 24.5 Å². The van der Waals surface area contributed by atoms with Gasteiger partial charge in [-0.1, -0.05) is 11.3 Å². The summed E-state index contributed by atoms with van der Waals surface area (Å²) in [6.07, 6.45) is -0.973. The monoisotopic (exact) mass is 286 g/mol. The molecule has 3 rings (SSSR count). The van der Waals surface area contributed by atoms with Crippen LogP contribution in [-0.2, 0) is 13.2 Å². The Bertz CT molecular complexity index is 728. The van der Waals surface area contributed by atoms with E-state index in [4.69, 9.17) is 0 Å². The summed E-state index contributed by atoms with van der Waals surface area (Å²) in [7, 11) is 1.85. The number of hydrogen-bond donors (Lipinski definition) is 0. The smallest absolute Gasteiger partial charge is 0.208 e. The fraction of sp³-hybridized carbons (Fsp3) is 0.200. The van der Waals surface area contributed by atoms with Crippen molar-refractivity contribution in [2.45, 2.75) is 6.18 Å². The van der Waals surface area contributed by atoms with Gasteiger partial charge in [-0.25, -0.2) is 4.57 Å². The van der Waals surface area contributed by atoms with E-state index in [2.05, 4.69) is 15.3 Å². The van der Waals surface area contributed by atoms with E-state index in [9.17, 15) is 13.2 Å². The number of hydrogen-bond acceptors (Lipinski definition) is 4. The van der Waals surface area contributed by atoms with Gasteiger partial charge in [0.15, 0.2) is 12.4 Å². The Morgan fingerprint density at radius 1 is 1.21 bits per heavy atom. The third kappa shape index (κ3) is 2.05. The first kappa shape index (κ1) is 12.0. The van der Waals surface area contributed by atoms with Gasteiger partial charge in [0.05, 0.1) is 0 Å². The van der Waals surface area contributed by atoms with Crippen LogP contribution >= 0.6 is 11.3 Å². The molecular formula is C10H7F3N5S+. The van der Waals surface area contributed by atoms with Gasteiger partial charge in [-0.2, -0.15) is 22.8 Å². The van der Waals surface area contributed by atoms with Gasteiger partial charge in [0, 0.05) is 17.7 Å². The van der Waals surface area contributed by atoms with Crippen LogP contribution < -0.4 is 4.57 Å². The molecule has 0 unspecified atom stereocenters. The lowest BCUT2D eigenvalue weighted by atomic mass is 10.3. The van der Waals surface area contributed by atoms with Gasteiger partial charge in [0.25, 0.3) is 5.82 Å². The molecule has 98 valence electrons.